The van der Waals surface area contributed by atoms with Gasteiger partial charge in [-0.05, 0) is 12.8 Å². The molecule has 0 aromatic carbocycles. The molecule has 0 radical (unpaired) electrons. The number of hydrogen-bond acceptors (Lipinski definition) is 2. The Balaban J connectivity index is 1.83. The van der Waals surface area contributed by atoms with E-state index in [1.807, 2.05) is 4.90 Å². The van der Waals surface area contributed by atoms with Gasteiger partial charge in [0.25, 0.3) is 0 Å². The lowest BCUT2D eigenvalue weighted by molar-refractivity contribution is -0.129. The summed E-state index contributed by atoms with van der Waals surface area (Å²) < 4.78 is 5.46. The van der Waals surface area contributed by atoms with Crippen LogP contribution in [-0.2, 0) is 9.53 Å². The zero-order chi connectivity index (χ0) is 9.26. The Kier molecular flexibility index (Phi) is 2.74. The van der Waals surface area contributed by atoms with E-state index >= 15 is 0 Å². The normalized spacial score (nSPS) is 34.5. The second-order valence-corrected chi connectivity index (χ2v) is 4.35. The number of amides is 1. The van der Waals surface area contributed by atoms with Gasteiger partial charge in [-0.3, -0.25) is 4.79 Å². The number of likely N-dealkylation sites (tertiary alicyclic amines) is 1. The van der Waals surface area contributed by atoms with Crippen molar-refractivity contribution in [3.63, 3.8) is 0 Å². The molecule has 13 heavy (non-hydrogen) atoms. The van der Waals surface area contributed by atoms with Gasteiger partial charge in [0.15, 0.2) is 0 Å². The van der Waals surface area contributed by atoms with Crippen molar-refractivity contribution in [1.82, 2.24) is 4.90 Å². The summed E-state index contributed by atoms with van der Waals surface area (Å²) in [6.07, 6.45) is 2.95. The average Bonchev–Trinajstić information content (AvgIpc) is 2.63. The van der Waals surface area contributed by atoms with Crippen LogP contribution in [0.4, 0.5) is 0 Å². The van der Waals surface area contributed by atoms with Gasteiger partial charge in [0.1, 0.15) is 0 Å². The number of carbonyl (C=O) groups excluding carboxylic acids is 1. The monoisotopic (exact) mass is 203 g/mol. The Morgan fingerprint density at radius 1 is 1.62 bits per heavy atom. The fourth-order valence-corrected chi connectivity index (χ4v) is 2.23. The van der Waals surface area contributed by atoms with Crippen LogP contribution >= 0.6 is 11.6 Å². The van der Waals surface area contributed by atoms with Crippen molar-refractivity contribution in [3.05, 3.63) is 0 Å². The molecule has 2 aliphatic rings. The van der Waals surface area contributed by atoms with E-state index in [0.29, 0.717) is 13.0 Å². The molecule has 0 aromatic heterocycles. The highest BCUT2D eigenvalue weighted by molar-refractivity contribution is 6.22. The molecule has 2 aliphatic heterocycles. The van der Waals surface area contributed by atoms with E-state index in [4.69, 9.17) is 16.3 Å². The third-order valence-electron chi connectivity index (χ3n) is 2.62. The van der Waals surface area contributed by atoms with Gasteiger partial charge in [0.2, 0.25) is 5.91 Å². The van der Waals surface area contributed by atoms with Gasteiger partial charge >= 0.3 is 0 Å². The highest BCUT2D eigenvalue weighted by Gasteiger charge is 2.30. The maximum atomic E-state index is 11.4. The Morgan fingerprint density at radius 2 is 2.46 bits per heavy atom. The second kappa shape index (κ2) is 3.84. The summed E-state index contributed by atoms with van der Waals surface area (Å²) in [5.41, 5.74) is 0. The molecular formula is C9H14ClNO2. The van der Waals surface area contributed by atoms with Gasteiger partial charge < -0.3 is 9.64 Å². The Labute approximate surface area is 83.0 Å². The lowest BCUT2D eigenvalue weighted by Crippen LogP contribution is -2.33. The van der Waals surface area contributed by atoms with E-state index in [2.05, 4.69) is 0 Å². The summed E-state index contributed by atoms with van der Waals surface area (Å²) in [5, 5.41) is 0.00824. The van der Waals surface area contributed by atoms with Gasteiger partial charge in [-0.1, -0.05) is 0 Å². The zero-order valence-electron chi connectivity index (χ0n) is 7.54. The van der Waals surface area contributed by atoms with Gasteiger partial charge in [0, 0.05) is 26.1 Å². The summed E-state index contributed by atoms with van der Waals surface area (Å²) in [7, 11) is 0. The van der Waals surface area contributed by atoms with Crippen LogP contribution in [0.3, 0.4) is 0 Å². The molecule has 2 heterocycles. The summed E-state index contributed by atoms with van der Waals surface area (Å²) in [5.74, 6) is 0.176. The predicted octanol–water partition coefficient (Wildman–Crippen LogP) is 1.01. The molecule has 2 saturated heterocycles. The van der Waals surface area contributed by atoms with Crippen molar-refractivity contribution in [2.45, 2.75) is 30.7 Å². The van der Waals surface area contributed by atoms with Crippen LogP contribution in [0.15, 0.2) is 0 Å². The molecule has 0 bridgehead atoms. The van der Waals surface area contributed by atoms with Gasteiger partial charge in [0.05, 0.1) is 11.5 Å². The topological polar surface area (TPSA) is 29.5 Å². The van der Waals surface area contributed by atoms with E-state index in [9.17, 15) is 4.79 Å². The Morgan fingerprint density at radius 3 is 3.00 bits per heavy atom. The summed E-state index contributed by atoms with van der Waals surface area (Å²) >= 11 is 5.88. The van der Waals surface area contributed by atoms with Gasteiger partial charge in [-0.25, -0.2) is 0 Å². The maximum absolute atomic E-state index is 11.4. The molecular weight excluding hydrogens is 190 g/mol. The minimum absolute atomic E-state index is 0.00824. The molecule has 2 rings (SSSR count). The first-order chi connectivity index (χ1) is 6.25. The molecule has 74 valence electrons. The fraction of sp³-hybridized carbons (Fsp3) is 0.889. The van der Waals surface area contributed by atoms with Crippen LogP contribution in [-0.4, -0.2) is 42.0 Å². The molecule has 0 aromatic rings. The van der Waals surface area contributed by atoms with E-state index < -0.39 is 0 Å². The number of carbonyl (C=O) groups is 1. The Hall–Kier alpha value is -0.280. The predicted molar refractivity (Wildman–Crippen MR) is 49.8 cm³/mol. The number of halogens is 1. The standard InChI is InChI=1S/C9H14ClNO2/c10-7-4-9(12)11(5-7)6-8-2-1-3-13-8/h7-8H,1-6H2. The van der Waals surface area contributed by atoms with Crippen LogP contribution in [0.2, 0.25) is 0 Å². The summed E-state index contributed by atoms with van der Waals surface area (Å²) in [6, 6.07) is 0. The van der Waals surface area contributed by atoms with Crippen molar-refractivity contribution in [2.24, 2.45) is 0 Å². The number of alkyl halides is 1. The van der Waals surface area contributed by atoms with Crippen molar-refractivity contribution in [2.75, 3.05) is 19.7 Å². The quantitative estimate of drug-likeness (QED) is 0.627. The number of rotatable bonds is 2. The molecule has 0 saturated carbocycles. The third kappa shape index (κ3) is 2.15. The zero-order valence-corrected chi connectivity index (χ0v) is 8.29. The molecule has 2 fully saturated rings. The molecule has 0 spiro atoms. The fourth-order valence-electron chi connectivity index (χ4n) is 1.93. The molecule has 3 nitrogen and oxygen atoms in total. The van der Waals surface area contributed by atoms with Crippen LogP contribution in [0, 0.1) is 0 Å². The van der Waals surface area contributed by atoms with Crippen molar-refractivity contribution in [3.8, 4) is 0 Å². The summed E-state index contributed by atoms with van der Waals surface area (Å²) in [4.78, 5) is 13.2. The first kappa shape index (κ1) is 9.28. The van der Waals surface area contributed by atoms with E-state index in [1.54, 1.807) is 0 Å². The Bertz CT molecular complexity index is 204. The van der Waals surface area contributed by atoms with Crippen molar-refractivity contribution in [1.29, 1.82) is 0 Å². The molecule has 1 amide bonds. The molecule has 0 aliphatic carbocycles. The largest absolute Gasteiger partial charge is 0.376 e. The smallest absolute Gasteiger partial charge is 0.224 e. The van der Waals surface area contributed by atoms with Crippen molar-refractivity contribution >= 4 is 17.5 Å². The summed E-state index contributed by atoms with van der Waals surface area (Å²) in [6.45, 7) is 2.28. The van der Waals surface area contributed by atoms with Crippen molar-refractivity contribution < 1.29 is 9.53 Å². The van der Waals surface area contributed by atoms with Crippen LogP contribution < -0.4 is 0 Å². The lowest BCUT2D eigenvalue weighted by Gasteiger charge is -2.19. The van der Waals surface area contributed by atoms with E-state index in [0.717, 1.165) is 26.0 Å². The first-order valence-electron chi connectivity index (χ1n) is 4.79. The van der Waals surface area contributed by atoms with Crippen LogP contribution in [0.5, 0.6) is 0 Å². The van der Waals surface area contributed by atoms with E-state index in [-0.39, 0.29) is 17.4 Å². The minimum Gasteiger partial charge on any atom is -0.376 e. The molecule has 4 heteroatoms. The molecule has 2 atom stereocenters. The average molecular weight is 204 g/mol. The highest BCUT2D eigenvalue weighted by atomic mass is 35.5. The molecule has 2 unspecified atom stereocenters. The first-order valence-corrected chi connectivity index (χ1v) is 5.23. The van der Waals surface area contributed by atoms with Gasteiger partial charge in [-0.2, -0.15) is 0 Å². The van der Waals surface area contributed by atoms with Crippen LogP contribution in [0.1, 0.15) is 19.3 Å². The highest BCUT2D eigenvalue weighted by Crippen LogP contribution is 2.20. The third-order valence-corrected chi connectivity index (χ3v) is 2.91. The maximum Gasteiger partial charge on any atom is 0.224 e. The SMILES string of the molecule is O=C1CC(Cl)CN1CC1CCCO1. The van der Waals surface area contributed by atoms with E-state index in [1.165, 1.54) is 0 Å². The minimum atomic E-state index is 0.00824. The van der Waals surface area contributed by atoms with Gasteiger partial charge in [-0.15, -0.1) is 11.6 Å². The molecule has 0 N–H and O–H groups in total. The van der Waals surface area contributed by atoms with Crippen LogP contribution in [0.25, 0.3) is 0 Å². The number of ether oxygens (including phenoxy) is 1. The number of nitrogens with zero attached hydrogens (tertiary/aromatic N) is 1. The second-order valence-electron chi connectivity index (χ2n) is 3.74. The number of hydrogen-bond donors (Lipinski definition) is 0. The lowest BCUT2D eigenvalue weighted by atomic mass is 10.2.